The molecule has 0 aromatic heterocycles. The zero-order chi connectivity index (χ0) is 20.8. The molecule has 1 aliphatic rings. The number of amides is 1. The number of ether oxygens (including phenoxy) is 3. The predicted octanol–water partition coefficient (Wildman–Crippen LogP) is 4.45. The van der Waals surface area contributed by atoms with Gasteiger partial charge in [0.2, 0.25) is 12.7 Å². The van der Waals surface area contributed by atoms with Crippen LogP contribution in [-0.2, 0) is 17.8 Å². The molecule has 0 spiro atoms. The van der Waals surface area contributed by atoms with Gasteiger partial charge >= 0.3 is 0 Å². The lowest BCUT2D eigenvalue weighted by atomic mass is 10.1. The van der Waals surface area contributed by atoms with Gasteiger partial charge in [-0.2, -0.15) is 5.10 Å². The largest absolute Gasteiger partial charge is 0.489 e. The van der Waals surface area contributed by atoms with Crippen LogP contribution in [0.15, 0.2) is 76.3 Å². The second-order valence-corrected chi connectivity index (χ2v) is 7.56. The highest BCUT2D eigenvalue weighted by Crippen LogP contribution is 2.32. The van der Waals surface area contributed by atoms with Crippen LogP contribution in [0.5, 0.6) is 17.2 Å². The molecule has 7 heteroatoms. The molecular formula is C23H19BrN2O4. The van der Waals surface area contributed by atoms with Crippen molar-refractivity contribution in [2.45, 2.75) is 13.0 Å². The highest BCUT2D eigenvalue weighted by Gasteiger charge is 2.14. The van der Waals surface area contributed by atoms with Gasteiger partial charge in [-0.1, -0.05) is 34.1 Å². The fraction of sp³-hybridized carbons (Fsp3) is 0.130. The van der Waals surface area contributed by atoms with Crippen molar-refractivity contribution in [3.05, 3.63) is 87.9 Å². The quantitative estimate of drug-likeness (QED) is 0.412. The van der Waals surface area contributed by atoms with E-state index in [1.54, 1.807) is 18.3 Å². The molecule has 3 aromatic carbocycles. The summed E-state index contributed by atoms with van der Waals surface area (Å²) in [4.78, 5) is 12.1. The molecule has 1 aliphatic heterocycles. The van der Waals surface area contributed by atoms with Crippen LogP contribution in [0.3, 0.4) is 0 Å². The summed E-state index contributed by atoms with van der Waals surface area (Å²) in [7, 11) is 0. The van der Waals surface area contributed by atoms with Crippen molar-refractivity contribution in [2.75, 3.05) is 6.79 Å². The molecule has 0 fully saturated rings. The predicted molar refractivity (Wildman–Crippen MR) is 117 cm³/mol. The van der Waals surface area contributed by atoms with Crippen molar-refractivity contribution < 1.29 is 19.0 Å². The van der Waals surface area contributed by atoms with E-state index in [0.717, 1.165) is 26.9 Å². The normalized spacial score (nSPS) is 12.2. The zero-order valence-electron chi connectivity index (χ0n) is 16.0. The van der Waals surface area contributed by atoms with Gasteiger partial charge in [0.05, 0.1) is 12.6 Å². The third-order valence-electron chi connectivity index (χ3n) is 4.40. The third-order valence-corrected chi connectivity index (χ3v) is 4.93. The van der Waals surface area contributed by atoms with E-state index in [2.05, 4.69) is 26.5 Å². The molecule has 0 bridgehead atoms. The summed E-state index contributed by atoms with van der Waals surface area (Å²) in [6.45, 7) is 0.708. The van der Waals surface area contributed by atoms with Gasteiger partial charge in [0, 0.05) is 4.47 Å². The molecule has 0 saturated heterocycles. The van der Waals surface area contributed by atoms with Crippen molar-refractivity contribution in [3.63, 3.8) is 0 Å². The molecule has 1 amide bonds. The number of hydrogen-bond acceptors (Lipinski definition) is 5. The second-order valence-electron chi connectivity index (χ2n) is 6.64. The standard InChI is InChI=1S/C23H19BrN2O4/c24-19-6-1-17(2-7-19)14-28-20-8-3-16(4-9-20)13-25-26-23(27)12-18-5-10-21-22(11-18)30-15-29-21/h1-11,13H,12,14-15H2,(H,26,27)/b25-13+. The average molecular weight is 467 g/mol. The van der Waals surface area contributed by atoms with Gasteiger partial charge in [-0.05, 0) is 65.2 Å². The lowest BCUT2D eigenvalue weighted by Gasteiger charge is -2.06. The van der Waals surface area contributed by atoms with E-state index in [4.69, 9.17) is 14.2 Å². The minimum atomic E-state index is -0.209. The molecule has 1 heterocycles. The van der Waals surface area contributed by atoms with Crippen molar-refractivity contribution in [3.8, 4) is 17.2 Å². The Morgan fingerprint density at radius 1 is 1.00 bits per heavy atom. The molecule has 4 rings (SSSR count). The Labute approximate surface area is 182 Å². The number of rotatable bonds is 7. The van der Waals surface area contributed by atoms with E-state index in [-0.39, 0.29) is 19.1 Å². The number of carbonyl (C=O) groups excluding carboxylic acids is 1. The minimum Gasteiger partial charge on any atom is -0.489 e. The first-order valence-corrected chi connectivity index (χ1v) is 10.1. The molecular weight excluding hydrogens is 448 g/mol. The molecule has 6 nitrogen and oxygen atoms in total. The van der Waals surface area contributed by atoms with Crippen molar-refractivity contribution >= 4 is 28.1 Å². The molecule has 0 saturated carbocycles. The first-order valence-electron chi connectivity index (χ1n) is 9.33. The summed E-state index contributed by atoms with van der Waals surface area (Å²) in [6.07, 6.45) is 1.80. The summed E-state index contributed by atoms with van der Waals surface area (Å²) in [5.74, 6) is 1.91. The van der Waals surface area contributed by atoms with E-state index in [9.17, 15) is 4.79 Å². The van der Waals surface area contributed by atoms with E-state index in [0.29, 0.717) is 18.1 Å². The Bertz CT molecular complexity index is 1050. The summed E-state index contributed by atoms with van der Waals surface area (Å²) in [6, 6.07) is 20.9. The fourth-order valence-corrected chi connectivity index (χ4v) is 3.12. The fourth-order valence-electron chi connectivity index (χ4n) is 2.85. The number of carbonyl (C=O) groups is 1. The number of hydrogen-bond donors (Lipinski definition) is 1. The first kappa shape index (κ1) is 20.0. The van der Waals surface area contributed by atoms with E-state index < -0.39 is 0 Å². The van der Waals surface area contributed by atoms with Crippen LogP contribution in [0.2, 0.25) is 0 Å². The Morgan fingerprint density at radius 3 is 2.53 bits per heavy atom. The monoisotopic (exact) mass is 466 g/mol. The van der Waals surface area contributed by atoms with Gasteiger partial charge in [0.15, 0.2) is 11.5 Å². The Hall–Kier alpha value is -3.32. The lowest BCUT2D eigenvalue weighted by molar-refractivity contribution is -0.120. The number of hydrazone groups is 1. The van der Waals surface area contributed by atoms with Gasteiger partial charge in [0.25, 0.3) is 0 Å². The Kier molecular flexibility index (Phi) is 6.29. The summed E-state index contributed by atoms with van der Waals surface area (Å²) < 4.78 is 17.4. The number of nitrogens with one attached hydrogen (secondary N) is 1. The Balaban J connectivity index is 1.24. The smallest absolute Gasteiger partial charge is 0.244 e. The van der Waals surface area contributed by atoms with Crippen LogP contribution < -0.4 is 19.6 Å². The van der Waals surface area contributed by atoms with Crippen LogP contribution in [0.4, 0.5) is 0 Å². The maximum atomic E-state index is 12.1. The number of benzene rings is 3. The maximum Gasteiger partial charge on any atom is 0.244 e. The Morgan fingerprint density at radius 2 is 1.73 bits per heavy atom. The molecule has 30 heavy (non-hydrogen) atoms. The summed E-state index contributed by atoms with van der Waals surface area (Å²) in [5, 5.41) is 4.02. The second kappa shape index (κ2) is 9.45. The highest BCUT2D eigenvalue weighted by atomic mass is 79.9. The van der Waals surface area contributed by atoms with Gasteiger partial charge < -0.3 is 14.2 Å². The lowest BCUT2D eigenvalue weighted by Crippen LogP contribution is -2.19. The minimum absolute atomic E-state index is 0.205. The van der Waals surface area contributed by atoms with E-state index in [1.807, 2.05) is 54.6 Å². The van der Waals surface area contributed by atoms with Crippen LogP contribution >= 0.6 is 15.9 Å². The number of halogens is 1. The third kappa shape index (κ3) is 5.39. The average Bonchev–Trinajstić information content (AvgIpc) is 3.22. The number of fused-ring (bicyclic) bond motifs is 1. The molecule has 1 N–H and O–H groups in total. The van der Waals surface area contributed by atoms with Crippen LogP contribution in [0.25, 0.3) is 0 Å². The van der Waals surface area contributed by atoms with Gasteiger partial charge in [0.1, 0.15) is 12.4 Å². The summed E-state index contributed by atoms with van der Waals surface area (Å²) >= 11 is 3.42. The van der Waals surface area contributed by atoms with Crippen LogP contribution in [0.1, 0.15) is 16.7 Å². The maximum absolute atomic E-state index is 12.1. The summed E-state index contributed by atoms with van der Waals surface area (Å²) in [5.41, 5.74) is 5.32. The molecule has 0 unspecified atom stereocenters. The van der Waals surface area contributed by atoms with E-state index in [1.165, 1.54) is 0 Å². The zero-order valence-corrected chi connectivity index (χ0v) is 17.6. The molecule has 0 atom stereocenters. The van der Waals surface area contributed by atoms with Gasteiger partial charge in [-0.25, -0.2) is 5.43 Å². The van der Waals surface area contributed by atoms with Crippen molar-refractivity contribution in [2.24, 2.45) is 5.10 Å². The highest BCUT2D eigenvalue weighted by molar-refractivity contribution is 9.10. The first-order chi connectivity index (χ1) is 14.7. The topological polar surface area (TPSA) is 69.2 Å². The molecule has 152 valence electrons. The SMILES string of the molecule is O=C(Cc1ccc2c(c1)OCO2)N/N=C/c1ccc(OCc2ccc(Br)cc2)cc1. The molecule has 0 aliphatic carbocycles. The van der Waals surface area contributed by atoms with Crippen molar-refractivity contribution in [1.82, 2.24) is 5.43 Å². The molecule has 3 aromatic rings. The van der Waals surface area contributed by atoms with Gasteiger partial charge in [-0.3, -0.25) is 4.79 Å². The van der Waals surface area contributed by atoms with Gasteiger partial charge in [-0.15, -0.1) is 0 Å². The number of nitrogens with zero attached hydrogens (tertiary/aromatic N) is 1. The van der Waals surface area contributed by atoms with Crippen LogP contribution in [-0.4, -0.2) is 18.9 Å². The molecule has 0 radical (unpaired) electrons. The van der Waals surface area contributed by atoms with E-state index >= 15 is 0 Å². The van der Waals surface area contributed by atoms with Crippen LogP contribution in [0, 0.1) is 0 Å². The van der Waals surface area contributed by atoms with Crippen molar-refractivity contribution in [1.29, 1.82) is 0 Å².